The van der Waals surface area contributed by atoms with Crippen molar-refractivity contribution in [3.05, 3.63) is 71.4 Å². The number of likely N-dealkylation sites (tertiary alicyclic amines) is 1. The van der Waals surface area contributed by atoms with Crippen LogP contribution >= 0.6 is 11.8 Å². The van der Waals surface area contributed by atoms with Crippen LogP contribution in [0.1, 0.15) is 45.3 Å². The molecule has 9 heteroatoms. The average Bonchev–Trinajstić information content (AvgIpc) is 3.23. The van der Waals surface area contributed by atoms with Crippen molar-refractivity contribution >= 4 is 29.3 Å². The van der Waals surface area contributed by atoms with E-state index >= 15 is 0 Å². The topological polar surface area (TPSA) is 109 Å². The molecule has 0 radical (unpaired) electrons. The summed E-state index contributed by atoms with van der Waals surface area (Å²) >= 11 is 1.44. The molecule has 1 aliphatic rings. The molecule has 1 aromatic heterocycles. The van der Waals surface area contributed by atoms with Gasteiger partial charge in [-0.3, -0.25) is 9.59 Å². The molecule has 1 fully saturated rings. The van der Waals surface area contributed by atoms with Gasteiger partial charge in [0.2, 0.25) is 5.89 Å². The van der Waals surface area contributed by atoms with Crippen molar-refractivity contribution in [3.63, 3.8) is 0 Å². The highest BCUT2D eigenvalue weighted by Gasteiger charge is 2.22. The third-order valence-corrected chi connectivity index (χ3v) is 6.23. The molecule has 166 valence electrons. The van der Waals surface area contributed by atoms with Crippen LogP contribution in [-0.2, 0) is 5.75 Å². The minimum atomic E-state index is -0.341. The molecule has 2 heterocycles. The number of aromatic nitrogens is 2. The van der Waals surface area contributed by atoms with Crippen molar-refractivity contribution in [3.8, 4) is 0 Å². The molecule has 3 aromatic rings. The maximum Gasteiger partial charge on any atom is 0.256 e. The molecular weight excluding hydrogens is 428 g/mol. The smallest absolute Gasteiger partial charge is 0.256 e. The predicted octanol–water partition coefficient (Wildman–Crippen LogP) is 3.52. The molecule has 0 unspecified atom stereocenters. The first-order valence-electron chi connectivity index (χ1n) is 10.4. The Morgan fingerprint density at radius 2 is 1.97 bits per heavy atom. The summed E-state index contributed by atoms with van der Waals surface area (Å²) in [4.78, 5) is 32.5. The Labute approximate surface area is 190 Å². The zero-order valence-corrected chi connectivity index (χ0v) is 18.5. The lowest BCUT2D eigenvalue weighted by atomic mass is 10.1. The van der Waals surface area contributed by atoms with Gasteiger partial charge < -0.3 is 19.8 Å². The lowest BCUT2D eigenvalue weighted by Crippen LogP contribution is -2.40. The number of benzene rings is 2. The molecule has 2 aromatic carbocycles. The lowest BCUT2D eigenvalue weighted by molar-refractivity contribution is 0.0546. The number of piperidine rings is 1. The zero-order chi connectivity index (χ0) is 22.5. The van der Waals surface area contributed by atoms with E-state index in [4.69, 9.17) is 4.52 Å². The first-order valence-corrected chi connectivity index (χ1v) is 11.4. The zero-order valence-electron chi connectivity index (χ0n) is 17.7. The van der Waals surface area contributed by atoms with Crippen LogP contribution in [0.15, 0.2) is 57.9 Å². The van der Waals surface area contributed by atoms with Gasteiger partial charge in [-0.15, -0.1) is 11.8 Å². The molecule has 2 amide bonds. The number of carbonyl (C=O) groups excluding carboxylic acids is 2. The van der Waals surface area contributed by atoms with Crippen molar-refractivity contribution in [2.45, 2.75) is 36.5 Å². The van der Waals surface area contributed by atoms with Crippen LogP contribution < -0.4 is 5.32 Å². The predicted molar refractivity (Wildman–Crippen MR) is 121 cm³/mol. The van der Waals surface area contributed by atoms with Crippen molar-refractivity contribution in [2.75, 3.05) is 18.4 Å². The molecule has 4 rings (SSSR count). The summed E-state index contributed by atoms with van der Waals surface area (Å²) in [5.41, 5.74) is 1.58. The van der Waals surface area contributed by atoms with Gasteiger partial charge in [0.1, 0.15) is 0 Å². The van der Waals surface area contributed by atoms with Crippen LogP contribution in [0.5, 0.6) is 0 Å². The number of rotatable bonds is 6. The van der Waals surface area contributed by atoms with Gasteiger partial charge in [-0.05, 0) is 50.1 Å². The highest BCUT2D eigenvalue weighted by atomic mass is 32.2. The number of aliphatic hydroxyl groups is 1. The van der Waals surface area contributed by atoms with Crippen molar-refractivity contribution < 1.29 is 19.2 Å². The Hall–Kier alpha value is -3.17. The van der Waals surface area contributed by atoms with Crippen LogP contribution in [0.25, 0.3) is 0 Å². The molecule has 8 nitrogen and oxygen atoms in total. The average molecular weight is 453 g/mol. The Morgan fingerprint density at radius 3 is 2.72 bits per heavy atom. The van der Waals surface area contributed by atoms with Gasteiger partial charge in [0, 0.05) is 29.2 Å². The SMILES string of the molecule is Cc1noc(CSc2ccccc2C(=O)Nc2cccc(C(=O)N3CCC(O)CC3)c2)n1. The second kappa shape index (κ2) is 9.97. The number of nitrogens with one attached hydrogen (secondary N) is 1. The van der Waals surface area contributed by atoms with Gasteiger partial charge in [-0.2, -0.15) is 4.98 Å². The summed E-state index contributed by atoms with van der Waals surface area (Å²) in [5, 5.41) is 16.3. The van der Waals surface area contributed by atoms with E-state index in [-0.39, 0.29) is 17.9 Å². The normalized spacial score (nSPS) is 14.4. The fourth-order valence-corrected chi connectivity index (χ4v) is 4.39. The minimum Gasteiger partial charge on any atom is -0.393 e. The van der Waals surface area contributed by atoms with Gasteiger partial charge in [0.15, 0.2) is 5.82 Å². The fourth-order valence-electron chi connectivity index (χ4n) is 3.50. The number of amides is 2. The Kier molecular flexibility index (Phi) is 6.87. The second-order valence-corrected chi connectivity index (χ2v) is 8.60. The van der Waals surface area contributed by atoms with Crippen LogP contribution in [0.4, 0.5) is 5.69 Å². The van der Waals surface area contributed by atoms with E-state index in [9.17, 15) is 14.7 Å². The van der Waals surface area contributed by atoms with E-state index in [0.717, 1.165) is 4.90 Å². The lowest BCUT2D eigenvalue weighted by Gasteiger charge is -2.29. The summed E-state index contributed by atoms with van der Waals surface area (Å²) in [5.74, 6) is 1.17. The number of anilines is 1. The summed E-state index contributed by atoms with van der Waals surface area (Å²) in [7, 11) is 0. The monoisotopic (exact) mass is 452 g/mol. The van der Waals surface area contributed by atoms with Gasteiger partial charge in [0.05, 0.1) is 17.4 Å². The first kappa shape index (κ1) is 22.0. The Balaban J connectivity index is 1.44. The highest BCUT2D eigenvalue weighted by Crippen LogP contribution is 2.27. The highest BCUT2D eigenvalue weighted by molar-refractivity contribution is 7.98. The molecule has 32 heavy (non-hydrogen) atoms. The summed E-state index contributed by atoms with van der Waals surface area (Å²) in [6.07, 6.45) is 0.825. The molecule has 0 saturated carbocycles. The maximum absolute atomic E-state index is 13.0. The van der Waals surface area contributed by atoms with Crippen molar-refractivity contribution in [1.82, 2.24) is 15.0 Å². The number of carbonyl (C=O) groups is 2. The van der Waals surface area contributed by atoms with Crippen LogP contribution in [0, 0.1) is 6.92 Å². The summed E-state index contributed by atoms with van der Waals surface area (Å²) in [6, 6.07) is 14.2. The number of hydrogen-bond acceptors (Lipinski definition) is 7. The molecule has 0 atom stereocenters. The standard InChI is InChI=1S/C23H24N4O4S/c1-15-24-21(31-26-15)14-32-20-8-3-2-7-19(20)22(29)25-17-6-4-5-16(13-17)23(30)27-11-9-18(28)10-12-27/h2-8,13,18,28H,9-12,14H2,1H3,(H,25,29). The Morgan fingerprint density at radius 1 is 1.19 bits per heavy atom. The number of thioether (sulfide) groups is 1. The maximum atomic E-state index is 13.0. The third kappa shape index (κ3) is 5.35. The number of aliphatic hydroxyl groups excluding tert-OH is 1. The van der Waals surface area contributed by atoms with E-state index in [1.807, 2.05) is 12.1 Å². The molecule has 0 aliphatic carbocycles. The molecule has 0 bridgehead atoms. The van der Waals surface area contributed by atoms with Gasteiger partial charge in [-0.25, -0.2) is 0 Å². The largest absolute Gasteiger partial charge is 0.393 e. The first-order chi connectivity index (χ1) is 15.5. The van der Waals surface area contributed by atoms with E-state index in [2.05, 4.69) is 15.5 Å². The third-order valence-electron chi connectivity index (χ3n) is 5.17. The van der Waals surface area contributed by atoms with E-state index < -0.39 is 0 Å². The molecule has 1 saturated heterocycles. The fraction of sp³-hybridized carbons (Fsp3) is 0.304. The Bertz CT molecular complexity index is 1110. The van der Waals surface area contributed by atoms with Gasteiger partial charge in [0.25, 0.3) is 11.8 Å². The number of aryl methyl sites for hydroxylation is 1. The second-order valence-electron chi connectivity index (χ2n) is 7.58. The van der Waals surface area contributed by atoms with Crippen molar-refractivity contribution in [1.29, 1.82) is 0 Å². The molecule has 1 aliphatic heterocycles. The minimum absolute atomic E-state index is 0.0983. The van der Waals surface area contributed by atoms with Crippen LogP contribution in [0.2, 0.25) is 0 Å². The quantitative estimate of drug-likeness (QED) is 0.551. The molecule has 0 spiro atoms. The summed E-state index contributed by atoms with van der Waals surface area (Å²) < 4.78 is 5.14. The number of nitrogens with zero attached hydrogens (tertiary/aromatic N) is 3. The van der Waals surface area contributed by atoms with E-state index in [1.54, 1.807) is 48.2 Å². The van der Waals surface area contributed by atoms with Crippen molar-refractivity contribution in [2.24, 2.45) is 0 Å². The van der Waals surface area contributed by atoms with E-state index in [0.29, 0.717) is 60.2 Å². The van der Waals surface area contributed by atoms with E-state index in [1.165, 1.54) is 11.8 Å². The van der Waals surface area contributed by atoms with Crippen LogP contribution in [-0.4, -0.2) is 51.2 Å². The molecule has 2 N–H and O–H groups in total. The number of hydrogen-bond donors (Lipinski definition) is 2. The van der Waals surface area contributed by atoms with Gasteiger partial charge in [-0.1, -0.05) is 23.4 Å². The van der Waals surface area contributed by atoms with Gasteiger partial charge >= 0.3 is 0 Å². The summed E-state index contributed by atoms with van der Waals surface area (Å²) in [6.45, 7) is 2.81. The molecular formula is C23H24N4O4S. The van der Waals surface area contributed by atoms with Crippen LogP contribution in [0.3, 0.4) is 0 Å².